The van der Waals surface area contributed by atoms with Crippen molar-refractivity contribution in [2.75, 3.05) is 38.0 Å². The van der Waals surface area contributed by atoms with E-state index in [1.54, 1.807) is 0 Å². The number of amides is 2. The summed E-state index contributed by atoms with van der Waals surface area (Å²) in [5, 5.41) is 3.01. The van der Waals surface area contributed by atoms with E-state index in [0.717, 1.165) is 40.8 Å². The molecule has 5 nitrogen and oxygen atoms in total. The molecule has 148 valence electrons. The summed E-state index contributed by atoms with van der Waals surface area (Å²) in [7, 11) is 0. The number of carbonyl (C=O) groups excluding carboxylic acids is 2. The predicted molar refractivity (Wildman–Crippen MR) is 115 cm³/mol. The fourth-order valence-electron chi connectivity index (χ4n) is 3.39. The Bertz CT molecular complexity index is 815. The van der Waals surface area contributed by atoms with Crippen LogP contribution in [-0.2, 0) is 22.4 Å². The minimum atomic E-state index is -0.00413. The second-order valence-corrected chi connectivity index (χ2v) is 7.93. The van der Waals surface area contributed by atoms with Crippen molar-refractivity contribution in [2.24, 2.45) is 0 Å². The molecular weight excluding hydrogens is 418 g/mol. The second kappa shape index (κ2) is 9.85. The van der Waals surface area contributed by atoms with Crippen molar-refractivity contribution in [1.29, 1.82) is 0 Å². The summed E-state index contributed by atoms with van der Waals surface area (Å²) in [4.78, 5) is 28.9. The smallest absolute Gasteiger partial charge is 0.238 e. The van der Waals surface area contributed by atoms with Gasteiger partial charge in [-0.15, -0.1) is 0 Å². The molecule has 0 radical (unpaired) electrons. The summed E-state index contributed by atoms with van der Waals surface area (Å²) in [5.41, 5.74) is 3.04. The average Bonchev–Trinajstić information content (AvgIpc) is 2.70. The fourth-order valence-corrected chi connectivity index (χ4v) is 3.65. The number of aryl methyl sites for hydroxylation is 1. The van der Waals surface area contributed by atoms with Gasteiger partial charge in [0.25, 0.3) is 0 Å². The van der Waals surface area contributed by atoms with Gasteiger partial charge in [0.15, 0.2) is 0 Å². The normalized spacial score (nSPS) is 14.7. The molecule has 2 aromatic carbocycles. The summed E-state index contributed by atoms with van der Waals surface area (Å²) in [5.74, 6) is 0.138. The van der Waals surface area contributed by atoms with E-state index in [9.17, 15) is 9.59 Å². The van der Waals surface area contributed by atoms with E-state index in [0.29, 0.717) is 26.1 Å². The van der Waals surface area contributed by atoms with E-state index in [1.165, 1.54) is 0 Å². The number of carbonyl (C=O) groups is 2. The molecule has 3 rings (SSSR count). The zero-order chi connectivity index (χ0) is 19.9. The number of nitrogens with zero attached hydrogens (tertiary/aromatic N) is 2. The molecule has 1 aliphatic rings. The molecule has 0 aromatic heterocycles. The predicted octanol–water partition coefficient (Wildman–Crippen LogP) is 3.34. The Kier molecular flexibility index (Phi) is 7.23. The molecule has 1 aliphatic heterocycles. The number of hydrogen-bond acceptors (Lipinski definition) is 3. The van der Waals surface area contributed by atoms with Gasteiger partial charge < -0.3 is 10.2 Å². The van der Waals surface area contributed by atoms with E-state index in [1.807, 2.05) is 53.4 Å². The largest absolute Gasteiger partial charge is 0.340 e. The van der Waals surface area contributed by atoms with Crippen molar-refractivity contribution in [3.63, 3.8) is 0 Å². The van der Waals surface area contributed by atoms with Crippen LogP contribution >= 0.6 is 15.9 Å². The van der Waals surface area contributed by atoms with Crippen LogP contribution in [0.25, 0.3) is 0 Å². The fraction of sp³-hybridized carbons (Fsp3) is 0.364. The highest BCUT2D eigenvalue weighted by molar-refractivity contribution is 9.10. The zero-order valence-corrected chi connectivity index (χ0v) is 17.7. The van der Waals surface area contributed by atoms with E-state index in [2.05, 4.69) is 33.1 Å². The maximum atomic E-state index is 12.5. The van der Waals surface area contributed by atoms with Crippen molar-refractivity contribution in [2.45, 2.75) is 19.8 Å². The molecule has 2 amide bonds. The molecule has 1 N–H and O–H groups in total. The third-order valence-corrected chi connectivity index (χ3v) is 5.56. The third kappa shape index (κ3) is 5.66. The van der Waals surface area contributed by atoms with Crippen LogP contribution in [-0.4, -0.2) is 54.3 Å². The number of piperazine rings is 1. The SMILES string of the molecule is CCc1ccccc1NC(=O)CN1CCN(C(=O)Cc2ccc(Br)cc2)CC1. The third-order valence-electron chi connectivity index (χ3n) is 5.03. The van der Waals surface area contributed by atoms with Gasteiger partial charge in [-0.2, -0.15) is 0 Å². The van der Waals surface area contributed by atoms with Gasteiger partial charge in [0.1, 0.15) is 0 Å². The summed E-state index contributed by atoms with van der Waals surface area (Å²) in [6.07, 6.45) is 1.30. The zero-order valence-electron chi connectivity index (χ0n) is 16.2. The number of anilines is 1. The van der Waals surface area contributed by atoms with Crippen LogP contribution in [0, 0.1) is 0 Å². The van der Waals surface area contributed by atoms with Gasteiger partial charge in [-0.25, -0.2) is 0 Å². The minimum absolute atomic E-state index is 0.00413. The molecule has 28 heavy (non-hydrogen) atoms. The highest BCUT2D eigenvalue weighted by Crippen LogP contribution is 2.16. The molecule has 0 saturated carbocycles. The lowest BCUT2D eigenvalue weighted by Crippen LogP contribution is -2.50. The second-order valence-electron chi connectivity index (χ2n) is 7.02. The van der Waals surface area contributed by atoms with Gasteiger partial charge in [0, 0.05) is 36.3 Å². The van der Waals surface area contributed by atoms with Crippen LogP contribution in [0.5, 0.6) is 0 Å². The van der Waals surface area contributed by atoms with Gasteiger partial charge in [-0.1, -0.05) is 53.2 Å². The molecule has 0 bridgehead atoms. The Balaban J connectivity index is 1.45. The molecule has 0 unspecified atom stereocenters. The van der Waals surface area contributed by atoms with Gasteiger partial charge in [-0.05, 0) is 35.7 Å². The lowest BCUT2D eigenvalue weighted by atomic mass is 10.1. The Labute approximate surface area is 174 Å². The number of nitrogens with one attached hydrogen (secondary N) is 1. The van der Waals surface area contributed by atoms with Gasteiger partial charge >= 0.3 is 0 Å². The van der Waals surface area contributed by atoms with Crippen LogP contribution in [0.3, 0.4) is 0 Å². The Morgan fingerprint density at radius 3 is 2.36 bits per heavy atom. The van der Waals surface area contributed by atoms with Crippen molar-refractivity contribution < 1.29 is 9.59 Å². The molecule has 0 atom stereocenters. The lowest BCUT2D eigenvalue weighted by molar-refractivity contribution is -0.132. The summed E-state index contributed by atoms with van der Waals surface area (Å²) < 4.78 is 1.01. The molecule has 0 spiro atoms. The molecule has 1 fully saturated rings. The van der Waals surface area contributed by atoms with E-state index in [-0.39, 0.29) is 11.8 Å². The van der Waals surface area contributed by atoms with Crippen molar-refractivity contribution >= 4 is 33.4 Å². The Morgan fingerprint density at radius 2 is 1.68 bits per heavy atom. The van der Waals surface area contributed by atoms with Crippen LogP contribution < -0.4 is 5.32 Å². The summed E-state index contributed by atoms with van der Waals surface area (Å²) >= 11 is 3.41. The molecule has 0 aliphatic carbocycles. The molecule has 6 heteroatoms. The van der Waals surface area contributed by atoms with E-state index in [4.69, 9.17) is 0 Å². The lowest BCUT2D eigenvalue weighted by Gasteiger charge is -2.34. The molecule has 1 saturated heterocycles. The summed E-state index contributed by atoms with van der Waals surface area (Å²) in [6, 6.07) is 15.7. The highest BCUT2D eigenvalue weighted by atomic mass is 79.9. The number of rotatable bonds is 6. The first-order valence-corrected chi connectivity index (χ1v) is 10.5. The van der Waals surface area contributed by atoms with Gasteiger partial charge in [0.05, 0.1) is 13.0 Å². The van der Waals surface area contributed by atoms with Gasteiger partial charge in [0.2, 0.25) is 11.8 Å². The number of benzene rings is 2. The molecule has 2 aromatic rings. The molecular formula is C22H26BrN3O2. The maximum absolute atomic E-state index is 12.5. The van der Waals surface area contributed by atoms with E-state index >= 15 is 0 Å². The summed E-state index contributed by atoms with van der Waals surface area (Å²) in [6.45, 7) is 5.19. The number of hydrogen-bond donors (Lipinski definition) is 1. The Morgan fingerprint density at radius 1 is 1.00 bits per heavy atom. The maximum Gasteiger partial charge on any atom is 0.238 e. The monoisotopic (exact) mass is 443 g/mol. The van der Waals surface area contributed by atoms with E-state index < -0.39 is 0 Å². The number of para-hydroxylation sites is 1. The first-order chi connectivity index (χ1) is 13.5. The Hall–Kier alpha value is -2.18. The quantitative estimate of drug-likeness (QED) is 0.744. The van der Waals surface area contributed by atoms with Crippen molar-refractivity contribution in [3.8, 4) is 0 Å². The average molecular weight is 444 g/mol. The van der Waals surface area contributed by atoms with Gasteiger partial charge in [-0.3, -0.25) is 14.5 Å². The van der Waals surface area contributed by atoms with Crippen molar-refractivity contribution in [3.05, 3.63) is 64.1 Å². The first kappa shape index (κ1) is 20.6. The molecule has 1 heterocycles. The van der Waals surface area contributed by atoms with Crippen molar-refractivity contribution in [1.82, 2.24) is 9.80 Å². The van der Waals surface area contributed by atoms with Crippen LogP contribution in [0.1, 0.15) is 18.1 Å². The minimum Gasteiger partial charge on any atom is -0.340 e. The van der Waals surface area contributed by atoms with Crippen LogP contribution in [0.4, 0.5) is 5.69 Å². The first-order valence-electron chi connectivity index (χ1n) is 9.67. The standard InChI is InChI=1S/C22H26BrN3O2/c1-2-18-5-3-4-6-20(18)24-21(27)16-25-11-13-26(14-12-25)22(28)15-17-7-9-19(23)10-8-17/h3-10H,2,11-16H2,1H3,(H,24,27). The van der Waals surface area contributed by atoms with Crippen LogP contribution in [0.2, 0.25) is 0 Å². The topological polar surface area (TPSA) is 52.7 Å². The highest BCUT2D eigenvalue weighted by Gasteiger charge is 2.22. The van der Waals surface area contributed by atoms with Crippen LogP contribution in [0.15, 0.2) is 53.0 Å². The number of halogens is 1.